The van der Waals surface area contributed by atoms with Gasteiger partial charge in [0.25, 0.3) is 5.91 Å². The summed E-state index contributed by atoms with van der Waals surface area (Å²) < 4.78 is 0. The third-order valence-electron chi connectivity index (χ3n) is 6.34. The van der Waals surface area contributed by atoms with Gasteiger partial charge in [-0.2, -0.15) is 5.10 Å². The van der Waals surface area contributed by atoms with Crippen LogP contribution in [0.5, 0.6) is 0 Å². The molecule has 1 amide bonds. The van der Waals surface area contributed by atoms with Gasteiger partial charge in [-0.15, -0.1) is 0 Å². The van der Waals surface area contributed by atoms with Crippen LogP contribution in [0.25, 0.3) is 0 Å². The number of amides is 1. The molecule has 2 N–H and O–H groups in total. The molecule has 0 saturated carbocycles. The lowest BCUT2D eigenvalue weighted by Crippen LogP contribution is -2.54. The van der Waals surface area contributed by atoms with Gasteiger partial charge in [0.05, 0.1) is 24.8 Å². The number of carbonyl (C=O) groups excluding carboxylic acids is 1. The van der Waals surface area contributed by atoms with Crippen molar-refractivity contribution in [2.24, 2.45) is 10.5 Å². The summed E-state index contributed by atoms with van der Waals surface area (Å²) in [5.74, 6) is -0.0721. The van der Waals surface area contributed by atoms with Crippen LogP contribution in [0.1, 0.15) is 40.0 Å². The van der Waals surface area contributed by atoms with Gasteiger partial charge < -0.3 is 4.90 Å². The molecule has 8 heteroatoms. The highest BCUT2D eigenvalue weighted by Gasteiger charge is 2.31. The minimum absolute atomic E-state index is 0.0353. The fourth-order valence-electron chi connectivity index (χ4n) is 4.23. The summed E-state index contributed by atoms with van der Waals surface area (Å²) in [6.45, 7) is 7.28. The zero-order valence-corrected chi connectivity index (χ0v) is 18.2. The lowest BCUT2D eigenvalue weighted by atomic mass is 9.76. The van der Waals surface area contributed by atoms with Crippen LogP contribution in [0.4, 0.5) is 0 Å². The van der Waals surface area contributed by atoms with Crippen molar-refractivity contribution in [3.05, 3.63) is 47.3 Å². The fraction of sp³-hybridized carbons (Fsp3) is 0.545. The summed E-state index contributed by atoms with van der Waals surface area (Å²) in [6, 6.07) is 0.0533. The monoisotopic (exact) mass is 412 g/mol. The average molecular weight is 413 g/mol. The smallest absolute Gasteiger partial charge is 0.260 e. The number of allylic oxidation sites excluding steroid dienone is 2. The van der Waals surface area contributed by atoms with Gasteiger partial charge in [0.2, 0.25) is 0 Å². The third kappa shape index (κ3) is 4.15. The van der Waals surface area contributed by atoms with Crippen molar-refractivity contribution < 1.29 is 10.0 Å². The molecule has 4 rings (SSSR count). The molecule has 0 aromatic heterocycles. The number of hydrogen-bond donors (Lipinski definition) is 2. The predicted molar refractivity (Wildman–Crippen MR) is 116 cm³/mol. The van der Waals surface area contributed by atoms with Gasteiger partial charge in [-0.1, -0.05) is 25.5 Å². The van der Waals surface area contributed by atoms with Crippen molar-refractivity contribution in [2.45, 2.75) is 52.2 Å². The molecule has 0 fully saturated rings. The zero-order valence-electron chi connectivity index (χ0n) is 18.2. The van der Waals surface area contributed by atoms with E-state index in [1.165, 1.54) is 10.6 Å². The molecule has 1 aliphatic carbocycles. The van der Waals surface area contributed by atoms with E-state index in [-0.39, 0.29) is 18.1 Å². The Morgan fingerprint density at radius 2 is 2.20 bits per heavy atom. The number of nitrogens with one attached hydrogen (secondary N) is 1. The van der Waals surface area contributed by atoms with Crippen molar-refractivity contribution in [2.75, 3.05) is 20.1 Å². The van der Waals surface area contributed by atoms with Gasteiger partial charge in [0, 0.05) is 19.3 Å². The maximum atomic E-state index is 12.5. The Morgan fingerprint density at radius 1 is 1.40 bits per heavy atom. The van der Waals surface area contributed by atoms with Crippen LogP contribution in [-0.2, 0) is 4.79 Å². The topological polar surface area (TPSA) is 74.7 Å². The molecule has 0 radical (unpaired) electrons. The number of rotatable bonds is 5. The number of nitrogens with zero attached hydrogens (tertiary/aromatic N) is 5. The van der Waals surface area contributed by atoms with E-state index in [1.54, 1.807) is 17.4 Å². The molecule has 0 aromatic carbocycles. The molecule has 0 saturated heterocycles. The molecule has 162 valence electrons. The van der Waals surface area contributed by atoms with E-state index in [9.17, 15) is 10.0 Å². The van der Waals surface area contributed by atoms with Crippen LogP contribution >= 0.6 is 0 Å². The number of hydrogen-bond acceptors (Lipinski definition) is 7. The maximum Gasteiger partial charge on any atom is 0.260 e. The average Bonchev–Trinajstić information content (AvgIpc) is 3.08. The molecule has 2 unspecified atom stereocenters. The minimum Gasteiger partial charge on any atom is -0.339 e. The van der Waals surface area contributed by atoms with Gasteiger partial charge in [0.15, 0.2) is 0 Å². The number of hydrazone groups is 1. The van der Waals surface area contributed by atoms with Crippen molar-refractivity contribution in [1.82, 2.24) is 25.4 Å². The summed E-state index contributed by atoms with van der Waals surface area (Å²) in [6.07, 6.45) is 14.6. The minimum atomic E-state index is -0.0721. The second-order valence-corrected chi connectivity index (χ2v) is 9.31. The first-order chi connectivity index (χ1) is 14.2. The van der Waals surface area contributed by atoms with Crippen LogP contribution in [0.3, 0.4) is 0 Å². The van der Waals surface area contributed by atoms with Gasteiger partial charge in [-0.05, 0) is 49.3 Å². The lowest BCUT2D eigenvalue weighted by Gasteiger charge is -2.38. The van der Waals surface area contributed by atoms with Crippen LogP contribution in [0, 0.1) is 5.41 Å². The summed E-state index contributed by atoms with van der Waals surface area (Å²) in [7, 11) is 1.94. The fourth-order valence-corrected chi connectivity index (χ4v) is 4.23. The van der Waals surface area contributed by atoms with E-state index in [2.05, 4.69) is 30.5 Å². The second-order valence-electron chi connectivity index (χ2n) is 9.31. The Morgan fingerprint density at radius 3 is 2.93 bits per heavy atom. The first-order valence-electron chi connectivity index (χ1n) is 10.6. The molecule has 4 aliphatic rings. The Hall–Kier alpha value is -2.58. The molecule has 0 aromatic rings. The van der Waals surface area contributed by atoms with Crippen LogP contribution in [0.2, 0.25) is 0 Å². The van der Waals surface area contributed by atoms with Crippen LogP contribution < -0.4 is 5.43 Å². The molecule has 3 heterocycles. The van der Waals surface area contributed by atoms with E-state index in [1.807, 2.05) is 42.2 Å². The number of hydrazine groups is 1. The Kier molecular flexibility index (Phi) is 5.46. The van der Waals surface area contributed by atoms with E-state index >= 15 is 0 Å². The normalized spacial score (nSPS) is 27.7. The lowest BCUT2D eigenvalue weighted by molar-refractivity contribution is -0.132. The first-order valence-corrected chi connectivity index (χ1v) is 10.6. The summed E-state index contributed by atoms with van der Waals surface area (Å²) in [5.41, 5.74) is 6.82. The molecule has 8 nitrogen and oxygen atoms in total. The van der Waals surface area contributed by atoms with Crippen molar-refractivity contribution in [1.29, 1.82) is 0 Å². The molecule has 0 spiro atoms. The van der Waals surface area contributed by atoms with Crippen molar-refractivity contribution >= 4 is 12.2 Å². The third-order valence-corrected chi connectivity index (χ3v) is 6.34. The van der Waals surface area contributed by atoms with Crippen molar-refractivity contribution in [3.63, 3.8) is 0 Å². The molecule has 3 aliphatic heterocycles. The first kappa shape index (κ1) is 20.7. The molecule has 30 heavy (non-hydrogen) atoms. The van der Waals surface area contributed by atoms with Gasteiger partial charge >= 0.3 is 0 Å². The van der Waals surface area contributed by atoms with Crippen LogP contribution in [-0.4, -0.2) is 69.8 Å². The number of carbonyl (C=O) groups is 1. The van der Waals surface area contributed by atoms with Gasteiger partial charge in [0.1, 0.15) is 12.5 Å². The van der Waals surface area contributed by atoms with E-state index in [4.69, 9.17) is 0 Å². The molecular weight excluding hydrogens is 380 g/mol. The Balaban J connectivity index is 1.38. The number of hydroxylamine groups is 2. The highest BCUT2D eigenvalue weighted by Crippen LogP contribution is 2.36. The number of likely N-dealkylation sites (N-methyl/N-ethyl adjacent to an activating group) is 1. The highest BCUT2D eigenvalue weighted by atomic mass is 16.5. The van der Waals surface area contributed by atoms with E-state index in [0.29, 0.717) is 24.2 Å². The van der Waals surface area contributed by atoms with E-state index < -0.39 is 0 Å². The SMILES string of the molecule is CC1=CC(=O)N(CCN(O)C2=CC3N(C)C=NN3C=C2)NC1C1=CCC(C)(C)CC1. The van der Waals surface area contributed by atoms with Crippen LogP contribution in [0.15, 0.2) is 52.4 Å². The Labute approximate surface area is 178 Å². The molecule has 2 atom stereocenters. The standard InChI is InChI=1S/C22H32N6O2/c1-16-13-20(29)27(24-21(16)17-5-8-22(2,3)9-6-17)11-12-28(30)18-7-10-26-19(14-18)25(4)15-23-26/h5,7,10,13-15,19,21,24,30H,6,8-9,11-12H2,1-4H3. The maximum absolute atomic E-state index is 12.5. The van der Waals surface area contributed by atoms with Crippen molar-refractivity contribution in [3.8, 4) is 0 Å². The van der Waals surface area contributed by atoms with Gasteiger partial charge in [-0.3, -0.25) is 20.1 Å². The predicted octanol–water partition coefficient (Wildman–Crippen LogP) is 2.40. The van der Waals surface area contributed by atoms with Gasteiger partial charge in [-0.25, -0.2) is 10.4 Å². The Bertz CT molecular complexity index is 856. The molecular formula is C22H32N6O2. The highest BCUT2D eigenvalue weighted by molar-refractivity contribution is 5.89. The summed E-state index contributed by atoms with van der Waals surface area (Å²) in [5, 5.41) is 19.5. The van der Waals surface area contributed by atoms with E-state index in [0.717, 1.165) is 24.8 Å². The summed E-state index contributed by atoms with van der Waals surface area (Å²) in [4.78, 5) is 14.5. The quantitative estimate of drug-likeness (QED) is 0.534. The largest absolute Gasteiger partial charge is 0.339 e. The summed E-state index contributed by atoms with van der Waals surface area (Å²) >= 11 is 0. The zero-order chi connectivity index (χ0) is 21.5. The second kappa shape index (κ2) is 7.92. The number of fused-ring (bicyclic) bond motifs is 1. The molecule has 0 bridgehead atoms.